The minimum absolute atomic E-state index is 0.0875. The molecule has 2 aromatic rings. The summed E-state index contributed by atoms with van der Waals surface area (Å²) in [6.07, 6.45) is 3.27. The highest BCUT2D eigenvalue weighted by molar-refractivity contribution is 7.12. The first-order valence-corrected chi connectivity index (χ1v) is 6.89. The van der Waals surface area contributed by atoms with E-state index in [9.17, 15) is 4.79 Å². The topological polar surface area (TPSA) is 54.0 Å². The molecule has 100 valence electrons. The highest BCUT2D eigenvalue weighted by Crippen LogP contribution is 2.20. The predicted molar refractivity (Wildman–Crippen MR) is 78.7 cm³/mol. The zero-order valence-electron chi connectivity index (χ0n) is 11.3. The van der Waals surface area contributed by atoms with Crippen LogP contribution in [0.2, 0.25) is 0 Å². The summed E-state index contributed by atoms with van der Waals surface area (Å²) in [7, 11) is 1.78. The zero-order valence-corrected chi connectivity index (χ0v) is 12.1. The molecule has 2 rings (SSSR count). The monoisotopic (exact) mass is 275 g/mol. The standard InChI is InChI=1S/C14H17N3OS/c1-9-6-11(19-10(9)2)7-17-14(18)12-4-5-16-8-13(12)15-3/h4-6,8,15H,7H2,1-3H3,(H,17,18). The molecule has 2 heterocycles. The predicted octanol–water partition coefficient (Wildman–Crippen LogP) is 2.73. The van der Waals surface area contributed by atoms with Gasteiger partial charge in [0, 0.05) is 23.0 Å². The van der Waals surface area contributed by atoms with E-state index < -0.39 is 0 Å². The molecule has 2 aromatic heterocycles. The molecule has 0 bridgehead atoms. The van der Waals surface area contributed by atoms with Gasteiger partial charge in [0.1, 0.15) is 0 Å². The second-order valence-electron chi connectivity index (χ2n) is 4.31. The lowest BCUT2D eigenvalue weighted by atomic mass is 10.2. The Labute approximate surface area is 116 Å². The third kappa shape index (κ3) is 3.12. The highest BCUT2D eigenvalue weighted by atomic mass is 32.1. The van der Waals surface area contributed by atoms with E-state index in [1.165, 1.54) is 15.3 Å². The van der Waals surface area contributed by atoms with Crippen LogP contribution < -0.4 is 10.6 Å². The maximum Gasteiger partial charge on any atom is 0.253 e. The molecule has 0 fully saturated rings. The molecule has 0 aliphatic rings. The van der Waals surface area contributed by atoms with Gasteiger partial charge in [0.05, 0.1) is 24.0 Å². The fourth-order valence-corrected chi connectivity index (χ4v) is 2.78. The van der Waals surface area contributed by atoms with Gasteiger partial charge in [0.25, 0.3) is 5.91 Å². The van der Waals surface area contributed by atoms with Crippen LogP contribution >= 0.6 is 11.3 Å². The van der Waals surface area contributed by atoms with E-state index in [0.29, 0.717) is 12.1 Å². The van der Waals surface area contributed by atoms with Crippen molar-refractivity contribution < 1.29 is 4.79 Å². The molecule has 0 atom stereocenters. The quantitative estimate of drug-likeness (QED) is 0.902. The van der Waals surface area contributed by atoms with Gasteiger partial charge in [0.2, 0.25) is 0 Å². The number of carbonyl (C=O) groups excluding carboxylic acids is 1. The van der Waals surface area contributed by atoms with Crippen molar-refractivity contribution in [1.82, 2.24) is 10.3 Å². The maximum atomic E-state index is 12.1. The lowest BCUT2D eigenvalue weighted by Crippen LogP contribution is -2.23. The molecule has 0 unspecified atom stereocenters. The molecule has 4 nitrogen and oxygen atoms in total. The third-order valence-electron chi connectivity index (χ3n) is 2.98. The number of anilines is 1. The fourth-order valence-electron chi connectivity index (χ4n) is 1.79. The van der Waals surface area contributed by atoms with Crippen molar-refractivity contribution in [3.8, 4) is 0 Å². The Balaban J connectivity index is 2.05. The average Bonchev–Trinajstić information content (AvgIpc) is 2.75. The number of aryl methyl sites for hydroxylation is 2. The Kier molecular flexibility index (Phi) is 4.16. The molecule has 0 saturated heterocycles. The van der Waals surface area contributed by atoms with E-state index in [1.807, 2.05) is 0 Å². The van der Waals surface area contributed by atoms with Crippen LogP contribution in [0.15, 0.2) is 24.5 Å². The van der Waals surface area contributed by atoms with Crippen molar-refractivity contribution in [3.05, 3.63) is 45.4 Å². The molecular formula is C14H17N3OS. The van der Waals surface area contributed by atoms with Gasteiger partial charge < -0.3 is 10.6 Å². The number of hydrogen-bond acceptors (Lipinski definition) is 4. The van der Waals surface area contributed by atoms with Crippen molar-refractivity contribution in [3.63, 3.8) is 0 Å². The van der Waals surface area contributed by atoms with E-state index in [2.05, 4.69) is 35.5 Å². The SMILES string of the molecule is CNc1cnccc1C(=O)NCc1cc(C)c(C)s1. The van der Waals surface area contributed by atoms with Crippen LogP contribution in [0.1, 0.15) is 25.7 Å². The number of carbonyl (C=O) groups is 1. The molecule has 0 spiro atoms. The molecular weight excluding hydrogens is 258 g/mol. The van der Waals surface area contributed by atoms with Crippen LogP contribution in [0.25, 0.3) is 0 Å². The molecule has 5 heteroatoms. The van der Waals surface area contributed by atoms with E-state index in [1.54, 1.807) is 36.8 Å². The zero-order chi connectivity index (χ0) is 13.8. The van der Waals surface area contributed by atoms with Gasteiger partial charge >= 0.3 is 0 Å². The molecule has 0 radical (unpaired) electrons. The Morgan fingerprint density at radius 3 is 2.84 bits per heavy atom. The summed E-state index contributed by atoms with van der Waals surface area (Å²) >= 11 is 1.72. The maximum absolute atomic E-state index is 12.1. The van der Waals surface area contributed by atoms with Gasteiger partial charge in [-0.3, -0.25) is 9.78 Å². The Bertz CT molecular complexity index is 573. The number of aromatic nitrogens is 1. The van der Waals surface area contributed by atoms with Crippen molar-refractivity contribution in [2.24, 2.45) is 0 Å². The fraction of sp³-hybridized carbons (Fsp3) is 0.286. The van der Waals surface area contributed by atoms with Gasteiger partial charge in [-0.15, -0.1) is 11.3 Å². The average molecular weight is 275 g/mol. The largest absolute Gasteiger partial charge is 0.386 e. The lowest BCUT2D eigenvalue weighted by molar-refractivity contribution is 0.0952. The Morgan fingerprint density at radius 1 is 1.42 bits per heavy atom. The summed E-state index contributed by atoms with van der Waals surface area (Å²) in [5.41, 5.74) is 2.62. The number of pyridine rings is 1. The third-order valence-corrected chi connectivity index (χ3v) is 4.13. The Hall–Kier alpha value is -1.88. The molecule has 1 amide bonds. The molecule has 0 aliphatic carbocycles. The van der Waals surface area contributed by atoms with Gasteiger partial charge in [-0.05, 0) is 31.5 Å². The van der Waals surface area contributed by atoms with Crippen LogP contribution in [0.4, 0.5) is 5.69 Å². The van der Waals surface area contributed by atoms with Crippen LogP contribution in [-0.4, -0.2) is 17.9 Å². The first kappa shape index (κ1) is 13.5. The number of rotatable bonds is 4. The van der Waals surface area contributed by atoms with E-state index in [-0.39, 0.29) is 5.91 Å². The summed E-state index contributed by atoms with van der Waals surface area (Å²) in [4.78, 5) is 18.6. The minimum atomic E-state index is -0.0875. The lowest BCUT2D eigenvalue weighted by Gasteiger charge is -2.08. The van der Waals surface area contributed by atoms with Gasteiger partial charge in [-0.25, -0.2) is 0 Å². The molecule has 19 heavy (non-hydrogen) atoms. The molecule has 0 saturated carbocycles. The van der Waals surface area contributed by atoms with E-state index in [4.69, 9.17) is 0 Å². The van der Waals surface area contributed by atoms with Crippen molar-refractivity contribution in [1.29, 1.82) is 0 Å². The number of thiophene rings is 1. The number of nitrogens with one attached hydrogen (secondary N) is 2. The minimum Gasteiger partial charge on any atom is -0.386 e. The van der Waals surface area contributed by atoms with Crippen LogP contribution in [0.5, 0.6) is 0 Å². The smallest absolute Gasteiger partial charge is 0.253 e. The number of amides is 1. The van der Waals surface area contributed by atoms with Crippen LogP contribution in [-0.2, 0) is 6.54 Å². The van der Waals surface area contributed by atoms with Crippen LogP contribution in [0.3, 0.4) is 0 Å². The number of hydrogen-bond donors (Lipinski definition) is 2. The van der Waals surface area contributed by atoms with Gasteiger partial charge in [-0.2, -0.15) is 0 Å². The number of nitrogens with zero attached hydrogens (tertiary/aromatic N) is 1. The summed E-state index contributed by atoms with van der Waals surface area (Å²) in [6, 6.07) is 3.83. The summed E-state index contributed by atoms with van der Waals surface area (Å²) < 4.78 is 0. The second kappa shape index (κ2) is 5.84. The van der Waals surface area contributed by atoms with Gasteiger partial charge in [-0.1, -0.05) is 0 Å². The first-order chi connectivity index (χ1) is 9.11. The van der Waals surface area contributed by atoms with Gasteiger partial charge in [0.15, 0.2) is 0 Å². The highest BCUT2D eigenvalue weighted by Gasteiger charge is 2.10. The van der Waals surface area contributed by atoms with E-state index >= 15 is 0 Å². The van der Waals surface area contributed by atoms with Crippen molar-refractivity contribution in [2.75, 3.05) is 12.4 Å². The molecule has 0 aliphatic heterocycles. The summed E-state index contributed by atoms with van der Waals surface area (Å²) in [5, 5.41) is 5.90. The van der Waals surface area contributed by atoms with Crippen LogP contribution in [0, 0.1) is 13.8 Å². The Morgan fingerprint density at radius 2 is 2.21 bits per heavy atom. The first-order valence-electron chi connectivity index (χ1n) is 6.07. The second-order valence-corrected chi connectivity index (χ2v) is 5.65. The van der Waals surface area contributed by atoms with Crippen molar-refractivity contribution >= 4 is 22.9 Å². The normalized spacial score (nSPS) is 10.3. The molecule has 2 N–H and O–H groups in total. The van der Waals surface area contributed by atoms with Crippen molar-refractivity contribution in [2.45, 2.75) is 20.4 Å². The summed E-state index contributed by atoms with van der Waals surface area (Å²) in [5.74, 6) is -0.0875. The van der Waals surface area contributed by atoms with E-state index in [0.717, 1.165) is 5.69 Å². The summed E-state index contributed by atoms with van der Waals surface area (Å²) in [6.45, 7) is 4.73. The molecule has 0 aromatic carbocycles.